The molecular weight excluding hydrogens is 316 g/mol. The molecule has 1 aromatic carbocycles. The average Bonchev–Trinajstić information content (AvgIpc) is 2.66. The highest BCUT2D eigenvalue weighted by atomic mass is 79.9. The molecule has 3 rings (SSSR count). The fourth-order valence-corrected chi connectivity index (χ4v) is 3.70. The zero-order valence-corrected chi connectivity index (χ0v) is 11.9. The highest BCUT2D eigenvalue weighted by Crippen LogP contribution is 2.36. The van der Waals surface area contributed by atoms with E-state index in [1.165, 1.54) is 0 Å². The summed E-state index contributed by atoms with van der Waals surface area (Å²) in [5.74, 6) is 1.22. The Morgan fingerprint density at radius 2 is 1.94 bits per heavy atom. The standard InChI is InChI=1S/C12H11BrN2O2S/c13-8-5-7-9(14-12(17)11(7)16)6-10(8)15-1-3-18-4-2-15/h5-6H,1-4H2,(H,14,16,17). The number of nitrogens with zero attached hydrogens (tertiary/aromatic N) is 1. The molecule has 0 aromatic heterocycles. The number of rotatable bonds is 1. The Morgan fingerprint density at radius 1 is 1.22 bits per heavy atom. The van der Waals surface area contributed by atoms with Gasteiger partial charge in [0.1, 0.15) is 0 Å². The van der Waals surface area contributed by atoms with Gasteiger partial charge in [0, 0.05) is 29.1 Å². The molecule has 1 aromatic rings. The molecule has 0 atom stereocenters. The Balaban J connectivity index is 2.00. The molecule has 0 radical (unpaired) electrons. The number of benzene rings is 1. The number of thioether (sulfide) groups is 1. The maximum atomic E-state index is 11.6. The van der Waals surface area contributed by atoms with Gasteiger partial charge in [0.05, 0.1) is 16.9 Å². The van der Waals surface area contributed by atoms with E-state index >= 15 is 0 Å². The van der Waals surface area contributed by atoms with E-state index in [2.05, 4.69) is 26.1 Å². The predicted molar refractivity (Wildman–Crippen MR) is 76.6 cm³/mol. The molecule has 0 aliphatic carbocycles. The molecule has 4 nitrogen and oxygen atoms in total. The van der Waals surface area contributed by atoms with Crippen LogP contribution in [0.5, 0.6) is 0 Å². The zero-order chi connectivity index (χ0) is 12.7. The van der Waals surface area contributed by atoms with Gasteiger partial charge in [-0.05, 0) is 28.1 Å². The number of amides is 1. The zero-order valence-electron chi connectivity index (χ0n) is 9.53. The Hall–Kier alpha value is -1.01. The second-order valence-corrected chi connectivity index (χ2v) is 6.31. The first-order valence-electron chi connectivity index (χ1n) is 5.69. The monoisotopic (exact) mass is 326 g/mol. The largest absolute Gasteiger partial charge is 0.369 e. The summed E-state index contributed by atoms with van der Waals surface area (Å²) in [6.07, 6.45) is 0. The maximum absolute atomic E-state index is 11.6. The number of Topliss-reactive ketones (excluding diaryl/α,β-unsaturated/α-hetero) is 1. The van der Waals surface area contributed by atoms with Crippen molar-refractivity contribution in [3.8, 4) is 0 Å². The number of carbonyl (C=O) groups is 2. The van der Waals surface area contributed by atoms with Crippen molar-refractivity contribution in [3.05, 3.63) is 22.2 Å². The number of fused-ring (bicyclic) bond motifs is 1. The molecule has 0 bridgehead atoms. The highest BCUT2D eigenvalue weighted by Gasteiger charge is 2.29. The van der Waals surface area contributed by atoms with Crippen LogP contribution in [-0.2, 0) is 4.79 Å². The van der Waals surface area contributed by atoms with Gasteiger partial charge in [0.15, 0.2) is 0 Å². The van der Waals surface area contributed by atoms with Gasteiger partial charge in [0.25, 0.3) is 11.7 Å². The Morgan fingerprint density at radius 3 is 2.67 bits per heavy atom. The number of hydrogen-bond acceptors (Lipinski definition) is 4. The molecule has 1 saturated heterocycles. The first kappa shape index (κ1) is 12.0. The fraction of sp³-hybridized carbons (Fsp3) is 0.333. The molecule has 0 unspecified atom stereocenters. The van der Waals surface area contributed by atoms with Crippen LogP contribution in [0.4, 0.5) is 11.4 Å². The lowest BCUT2D eigenvalue weighted by Gasteiger charge is -2.29. The highest BCUT2D eigenvalue weighted by molar-refractivity contribution is 9.10. The molecule has 2 heterocycles. The predicted octanol–water partition coefficient (Wildman–Crippen LogP) is 2.14. The van der Waals surface area contributed by atoms with E-state index < -0.39 is 11.7 Å². The minimum atomic E-state index is -0.539. The van der Waals surface area contributed by atoms with E-state index in [1.807, 2.05) is 17.8 Å². The molecule has 2 aliphatic heterocycles. The van der Waals surface area contributed by atoms with Crippen molar-refractivity contribution in [3.63, 3.8) is 0 Å². The average molecular weight is 327 g/mol. The summed E-state index contributed by atoms with van der Waals surface area (Å²) in [4.78, 5) is 25.2. The summed E-state index contributed by atoms with van der Waals surface area (Å²) in [6, 6.07) is 3.63. The first-order chi connectivity index (χ1) is 8.66. The molecule has 2 aliphatic rings. The van der Waals surface area contributed by atoms with Crippen LogP contribution in [0.25, 0.3) is 0 Å². The Kier molecular flexibility index (Phi) is 3.07. The van der Waals surface area contributed by atoms with Crippen LogP contribution >= 0.6 is 27.7 Å². The normalized spacial score (nSPS) is 18.8. The minimum absolute atomic E-state index is 0.452. The fourth-order valence-electron chi connectivity index (χ4n) is 2.20. The van der Waals surface area contributed by atoms with Crippen LogP contribution in [0.3, 0.4) is 0 Å². The van der Waals surface area contributed by atoms with Crippen LogP contribution in [0.15, 0.2) is 16.6 Å². The molecule has 1 fully saturated rings. The van der Waals surface area contributed by atoms with Gasteiger partial charge in [-0.1, -0.05) is 0 Å². The van der Waals surface area contributed by atoms with Crippen LogP contribution in [0, 0.1) is 0 Å². The number of hydrogen-bond donors (Lipinski definition) is 1. The summed E-state index contributed by atoms with van der Waals surface area (Å²) in [5.41, 5.74) is 2.13. The molecular formula is C12H11BrN2O2S. The Bertz CT molecular complexity index is 541. The number of ketones is 1. The molecule has 1 amide bonds. The van der Waals surface area contributed by atoms with Gasteiger partial charge in [-0.2, -0.15) is 11.8 Å². The summed E-state index contributed by atoms with van der Waals surface area (Å²) < 4.78 is 0.873. The SMILES string of the molecule is O=C1Nc2cc(N3CCSCC3)c(Br)cc2C1=O. The summed E-state index contributed by atoms with van der Waals surface area (Å²) in [5, 5.41) is 2.61. The van der Waals surface area contributed by atoms with Crippen molar-refractivity contribution in [2.45, 2.75) is 0 Å². The van der Waals surface area contributed by atoms with Gasteiger partial charge < -0.3 is 10.2 Å². The van der Waals surface area contributed by atoms with Crippen molar-refractivity contribution in [2.75, 3.05) is 34.8 Å². The van der Waals surface area contributed by atoms with E-state index in [9.17, 15) is 9.59 Å². The maximum Gasteiger partial charge on any atom is 0.296 e. The van der Waals surface area contributed by atoms with E-state index in [1.54, 1.807) is 6.07 Å². The van der Waals surface area contributed by atoms with Crippen molar-refractivity contribution >= 4 is 50.8 Å². The third kappa shape index (κ3) is 1.93. The van der Waals surface area contributed by atoms with Crippen LogP contribution in [-0.4, -0.2) is 36.3 Å². The lowest BCUT2D eigenvalue weighted by molar-refractivity contribution is -0.112. The smallest absolute Gasteiger partial charge is 0.296 e. The van der Waals surface area contributed by atoms with E-state index in [4.69, 9.17) is 0 Å². The van der Waals surface area contributed by atoms with Gasteiger partial charge in [-0.25, -0.2) is 0 Å². The molecule has 0 spiro atoms. The summed E-state index contributed by atoms with van der Waals surface area (Å²) in [6.45, 7) is 1.98. The quantitative estimate of drug-likeness (QED) is 0.803. The Labute approximate surface area is 117 Å². The van der Waals surface area contributed by atoms with Crippen LogP contribution in [0.1, 0.15) is 10.4 Å². The van der Waals surface area contributed by atoms with Gasteiger partial charge in [-0.3, -0.25) is 9.59 Å². The third-order valence-electron chi connectivity index (χ3n) is 3.14. The van der Waals surface area contributed by atoms with E-state index in [-0.39, 0.29) is 0 Å². The molecule has 94 valence electrons. The molecule has 1 N–H and O–H groups in total. The van der Waals surface area contributed by atoms with E-state index in [0.717, 1.165) is 34.8 Å². The van der Waals surface area contributed by atoms with Crippen molar-refractivity contribution in [2.24, 2.45) is 0 Å². The minimum Gasteiger partial charge on any atom is -0.369 e. The van der Waals surface area contributed by atoms with Crippen molar-refractivity contribution in [1.29, 1.82) is 0 Å². The summed E-state index contributed by atoms with van der Waals surface area (Å²) in [7, 11) is 0. The van der Waals surface area contributed by atoms with E-state index in [0.29, 0.717) is 11.3 Å². The number of halogens is 1. The topological polar surface area (TPSA) is 49.4 Å². The lowest BCUT2D eigenvalue weighted by atomic mass is 10.1. The summed E-state index contributed by atoms with van der Waals surface area (Å²) >= 11 is 5.44. The van der Waals surface area contributed by atoms with Crippen molar-refractivity contribution in [1.82, 2.24) is 0 Å². The van der Waals surface area contributed by atoms with Crippen LogP contribution in [0.2, 0.25) is 0 Å². The van der Waals surface area contributed by atoms with Gasteiger partial charge in [0.2, 0.25) is 0 Å². The number of carbonyl (C=O) groups excluding carboxylic acids is 2. The van der Waals surface area contributed by atoms with Gasteiger partial charge >= 0.3 is 0 Å². The van der Waals surface area contributed by atoms with Gasteiger partial charge in [-0.15, -0.1) is 0 Å². The lowest BCUT2D eigenvalue weighted by Crippen LogP contribution is -2.32. The molecule has 6 heteroatoms. The third-order valence-corrected chi connectivity index (χ3v) is 4.72. The number of anilines is 2. The second kappa shape index (κ2) is 4.59. The molecule has 18 heavy (non-hydrogen) atoms. The first-order valence-corrected chi connectivity index (χ1v) is 7.63. The molecule has 0 saturated carbocycles. The van der Waals surface area contributed by atoms with Crippen molar-refractivity contribution < 1.29 is 9.59 Å². The van der Waals surface area contributed by atoms with Crippen LogP contribution < -0.4 is 10.2 Å². The number of nitrogens with one attached hydrogen (secondary N) is 1. The second-order valence-electron chi connectivity index (χ2n) is 4.23.